The second kappa shape index (κ2) is 40.4. The normalized spacial score (nSPS) is 12.0. The molecule has 0 aromatic rings. The van der Waals surface area contributed by atoms with E-state index in [1.165, 1.54) is 275 Å². The van der Waals surface area contributed by atoms with E-state index in [0.29, 0.717) is 0 Å². The van der Waals surface area contributed by atoms with Crippen LogP contribution in [-0.2, 0) is 0 Å². The summed E-state index contributed by atoms with van der Waals surface area (Å²) in [5, 5.41) is 0. The van der Waals surface area contributed by atoms with Crippen molar-refractivity contribution in [2.45, 2.75) is 272 Å². The van der Waals surface area contributed by atoms with E-state index in [0.717, 1.165) is 0 Å². The van der Waals surface area contributed by atoms with Crippen LogP contribution in [0.15, 0.2) is 0 Å². The average Bonchev–Trinajstić information content (AvgIpc) is 3.08. The highest BCUT2D eigenvalue weighted by Crippen LogP contribution is 2.21. The van der Waals surface area contributed by atoms with E-state index in [9.17, 15) is 0 Å². The summed E-state index contributed by atoms with van der Waals surface area (Å²) in [7, 11) is 0. The van der Waals surface area contributed by atoms with E-state index in [-0.39, 0.29) is 0 Å². The van der Waals surface area contributed by atoms with E-state index in [4.69, 9.17) is 0 Å². The van der Waals surface area contributed by atoms with Crippen LogP contribution in [0.1, 0.15) is 272 Å². The van der Waals surface area contributed by atoms with Crippen molar-refractivity contribution in [2.75, 3.05) is 26.2 Å². The molecule has 0 spiro atoms. The van der Waals surface area contributed by atoms with Crippen molar-refractivity contribution in [3.05, 3.63) is 0 Å². The third-order valence-electron chi connectivity index (χ3n) is 11.4. The van der Waals surface area contributed by atoms with Gasteiger partial charge in [-0.05, 0) is 51.4 Å². The van der Waals surface area contributed by atoms with E-state index in [1.54, 1.807) is 0 Å². The van der Waals surface area contributed by atoms with Gasteiger partial charge in [0.05, 0.1) is 26.2 Å². The molecule has 0 heterocycles. The summed E-state index contributed by atoms with van der Waals surface area (Å²) in [6, 6.07) is 0. The highest BCUT2D eigenvalue weighted by Gasteiger charge is 2.25. The minimum Gasteiger partial charge on any atom is -0.324 e. The van der Waals surface area contributed by atoms with Crippen LogP contribution in [0, 0.1) is 0 Å². The summed E-state index contributed by atoms with van der Waals surface area (Å²) in [6.45, 7) is 15.3. The maximum absolute atomic E-state index is 2.39. The van der Waals surface area contributed by atoms with E-state index in [2.05, 4.69) is 27.7 Å². The fraction of sp³-hybridized carbons (Fsp3) is 1.00. The predicted molar refractivity (Wildman–Crippen MR) is 218 cm³/mol. The van der Waals surface area contributed by atoms with Crippen LogP contribution >= 0.6 is 0 Å². The molecule has 0 aromatic heterocycles. The summed E-state index contributed by atoms with van der Waals surface area (Å²) in [6.07, 6.45) is 55.7. The molecule has 1 heteroatoms. The van der Waals surface area contributed by atoms with E-state index < -0.39 is 0 Å². The molecule has 0 fully saturated rings. The Bertz CT molecular complexity index is 493. The largest absolute Gasteiger partial charge is 0.324 e. The monoisotopic (exact) mass is 663 g/mol. The lowest BCUT2D eigenvalue weighted by atomic mass is 10.0. The third kappa shape index (κ3) is 35.6. The molecule has 0 amide bonds. The Kier molecular flexibility index (Phi) is 40.4. The third-order valence-corrected chi connectivity index (χ3v) is 11.4. The lowest BCUT2D eigenvalue weighted by Crippen LogP contribution is -2.50. The molecule has 0 bridgehead atoms. The molecular formula is C46H96N+. The van der Waals surface area contributed by atoms with Gasteiger partial charge in [-0.25, -0.2) is 0 Å². The van der Waals surface area contributed by atoms with Gasteiger partial charge in [-0.2, -0.15) is 0 Å². The van der Waals surface area contributed by atoms with Crippen LogP contribution in [0.5, 0.6) is 0 Å². The maximum Gasteiger partial charge on any atom is 0.0786 e. The van der Waals surface area contributed by atoms with Crippen molar-refractivity contribution in [1.29, 1.82) is 0 Å². The maximum atomic E-state index is 2.39. The second-order valence-corrected chi connectivity index (χ2v) is 16.3. The van der Waals surface area contributed by atoms with Gasteiger partial charge in [-0.1, -0.05) is 220 Å². The first-order valence-corrected chi connectivity index (χ1v) is 23.1. The van der Waals surface area contributed by atoms with Gasteiger partial charge in [0.1, 0.15) is 0 Å². The van der Waals surface area contributed by atoms with Crippen LogP contribution in [0.4, 0.5) is 0 Å². The van der Waals surface area contributed by atoms with Crippen molar-refractivity contribution < 1.29 is 4.48 Å². The van der Waals surface area contributed by atoms with Gasteiger partial charge in [0, 0.05) is 0 Å². The summed E-state index contributed by atoms with van der Waals surface area (Å²) in [4.78, 5) is 0. The number of nitrogens with zero attached hydrogens (tertiary/aromatic N) is 1. The minimum atomic E-state index is 1.37. The summed E-state index contributed by atoms with van der Waals surface area (Å²) in [5.74, 6) is 0. The molecule has 0 radical (unpaired) electrons. The van der Waals surface area contributed by atoms with Gasteiger partial charge in [0.25, 0.3) is 0 Å². The Balaban J connectivity index is 4.09. The minimum absolute atomic E-state index is 1.37. The lowest BCUT2D eigenvalue weighted by Gasteiger charge is -2.39. The zero-order valence-corrected chi connectivity index (χ0v) is 34.1. The zero-order valence-electron chi connectivity index (χ0n) is 34.1. The Morgan fingerprint density at radius 2 is 0.298 bits per heavy atom. The SMILES string of the molecule is CCCCCCCCCCCCCCCCCC[N+](CCCCC)(CCCCC)CCCCCCCCCCCCCCCCCC. The second-order valence-electron chi connectivity index (χ2n) is 16.3. The molecule has 0 N–H and O–H groups in total. The Hall–Kier alpha value is -0.0400. The fourth-order valence-corrected chi connectivity index (χ4v) is 8.06. The van der Waals surface area contributed by atoms with Crippen molar-refractivity contribution in [1.82, 2.24) is 0 Å². The molecule has 0 aliphatic carbocycles. The quantitative estimate of drug-likeness (QED) is 0.0451. The van der Waals surface area contributed by atoms with Crippen molar-refractivity contribution in [3.63, 3.8) is 0 Å². The average molecular weight is 663 g/mol. The molecule has 0 atom stereocenters. The highest BCUT2D eigenvalue weighted by atomic mass is 15.3. The molecule has 0 saturated heterocycles. The molecule has 0 aromatic carbocycles. The molecule has 0 unspecified atom stereocenters. The summed E-state index contributed by atoms with van der Waals surface area (Å²) in [5.41, 5.74) is 0. The van der Waals surface area contributed by atoms with E-state index >= 15 is 0 Å². The lowest BCUT2D eigenvalue weighted by molar-refractivity contribution is -0.929. The Morgan fingerprint density at radius 1 is 0.170 bits per heavy atom. The summed E-state index contributed by atoms with van der Waals surface area (Å²) < 4.78 is 1.47. The zero-order chi connectivity index (χ0) is 34.2. The predicted octanol–water partition coefficient (Wildman–Crippen LogP) is 16.7. The fourth-order valence-electron chi connectivity index (χ4n) is 8.06. The first kappa shape index (κ1) is 47.0. The van der Waals surface area contributed by atoms with E-state index in [1.807, 2.05) is 0 Å². The molecule has 47 heavy (non-hydrogen) atoms. The Labute approximate surface area is 301 Å². The molecule has 0 rings (SSSR count). The first-order valence-electron chi connectivity index (χ1n) is 23.1. The number of quaternary nitrogens is 1. The van der Waals surface area contributed by atoms with Crippen LogP contribution < -0.4 is 0 Å². The molecular weight excluding hydrogens is 567 g/mol. The van der Waals surface area contributed by atoms with Gasteiger partial charge in [0.2, 0.25) is 0 Å². The van der Waals surface area contributed by atoms with Crippen LogP contribution in [0.2, 0.25) is 0 Å². The van der Waals surface area contributed by atoms with Gasteiger partial charge in [-0.15, -0.1) is 0 Å². The van der Waals surface area contributed by atoms with Crippen molar-refractivity contribution >= 4 is 0 Å². The van der Waals surface area contributed by atoms with Gasteiger partial charge in [0.15, 0.2) is 0 Å². The number of unbranched alkanes of at least 4 members (excludes halogenated alkanes) is 34. The number of rotatable bonds is 42. The smallest absolute Gasteiger partial charge is 0.0786 e. The van der Waals surface area contributed by atoms with Crippen LogP contribution in [-0.4, -0.2) is 30.7 Å². The first-order chi connectivity index (χ1) is 23.2. The molecule has 0 saturated carbocycles. The molecule has 284 valence electrons. The van der Waals surface area contributed by atoms with Gasteiger partial charge < -0.3 is 4.48 Å². The van der Waals surface area contributed by atoms with Crippen molar-refractivity contribution in [2.24, 2.45) is 0 Å². The number of hydrogen-bond donors (Lipinski definition) is 0. The van der Waals surface area contributed by atoms with Crippen LogP contribution in [0.25, 0.3) is 0 Å². The molecule has 0 aliphatic rings. The molecule has 1 nitrogen and oxygen atoms in total. The van der Waals surface area contributed by atoms with Crippen LogP contribution in [0.3, 0.4) is 0 Å². The van der Waals surface area contributed by atoms with Gasteiger partial charge in [-0.3, -0.25) is 0 Å². The topological polar surface area (TPSA) is 0 Å². The highest BCUT2D eigenvalue weighted by molar-refractivity contribution is 4.55. The Morgan fingerprint density at radius 3 is 0.489 bits per heavy atom. The standard InChI is InChI=1S/C46H96N/c1-5-9-13-15-17-19-21-23-25-27-29-31-33-35-37-41-45-47(43-39-11-7-3,44-40-12-8-4)46-42-38-36-34-32-30-28-26-24-22-20-18-16-14-10-6-2/h5-46H2,1-4H3/q+1. The number of hydrogen-bond acceptors (Lipinski definition) is 0. The van der Waals surface area contributed by atoms with Gasteiger partial charge >= 0.3 is 0 Å². The summed E-state index contributed by atoms with van der Waals surface area (Å²) >= 11 is 0. The van der Waals surface area contributed by atoms with Crippen molar-refractivity contribution in [3.8, 4) is 0 Å². The molecule has 0 aliphatic heterocycles.